The fraction of sp³-hybridized carbons (Fsp3) is 0.800. The molecule has 1 radical (unpaired) electrons. The summed E-state index contributed by atoms with van der Waals surface area (Å²) in [6.07, 6.45) is 2.25. The van der Waals surface area contributed by atoms with Gasteiger partial charge in [-0.2, -0.15) is 5.41 Å². The predicted molar refractivity (Wildman–Crippen MR) is 27.7 cm³/mol. The Morgan fingerprint density at radius 2 is 2.33 bits per heavy atom. The molecule has 6 heavy (non-hydrogen) atoms. The molecule has 0 saturated heterocycles. The average molecular weight is 84.1 g/mol. The van der Waals surface area contributed by atoms with Crippen LogP contribution in [0, 0.1) is 5.92 Å². The number of nitrogens with zero attached hydrogens (tertiary/aromatic N) is 1. The third-order valence-electron chi connectivity index (χ3n) is 0.898. The van der Waals surface area contributed by atoms with Crippen molar-refractivity contribution in [1.29, 1.82) is 0 Å². The van der Waals surface area contributed by atoms with Crippen molar-refractivity contribution in [1.82, 2.24) is 5.41 Å². The predicted octanol–water partition coefficient (Wildman–Crippen LogP) is 0.903. The van der Waals surface area contributed by atoms with E-state index < -0.39 is 0 Å². The maximum atomic E-state index is 8.21. The SMILES string of the molecule is CCC(C)C=[N]. The van der Waals surface area contributed by atoms with Crippen LogP contribution in [-0.4, -0.2) is 6.21 Å². The Hall–Kier alpha value is -0.330. The second-order valence-electron chi connectivity index (χ2n) is 1.53. The Kier molecular flexibility index (Phi) is 2.73. The standard InChI is InChI=1S/C5H10N/c1-3-5(2)4-6/h4-5H,3H2,1-2H3. The van der Waals surface area contributed by atoms with Crippen LogP contribution in [0.3, 0.4) is 0 Å². The average Bonchev–Trinajstić information content (AvgIpc) is 1.65. The smallest absolute Gasteiger partial charge is 0.0298 e. The van der Waals surface area contributed by atoms with Crippen LogP contribution >= 0.6 is 0 Å². The molecule has 0 spiro atoms. The first kappa shape index (κ1) is 5.67. The van der Waals surface area contributed by atoms with Crippen molar-refractivity contribution < 1.29 is 0 Å². The fourth-order valence-electron chi connectivity index (χ4n) is 0.105. The zero-order valence-electron chi connectivity index (χ0n) is 4.31. The molecule has 0 heterocycles. The van der Waals surface area contributed by atoms with Gasteiger partial charge in [-0.05, 0) is 12.3 Å². The third kappa shape index (κ3) is 1.94. The van der Waals surface area contributed by atoms with Gasteiger partial charge in [0.25, 0.3) is 0 Å². The van der Waals surface area contributed by atoms with Crippen molar-refractivity contribution in [2.45, 2.75) is 20.3 Å². The van der Waals surface area contributed by atoms with E-state index in [0.717, 1.165) is 6.42 Å². The Bertz CT molecular complexity index is 41.2. The number of hydrogen-bond donors (Lipinski definition) is 0. The van der Waals surface area contributed by atoms with Crippen LogP contribution in [0.1, 0.15) is 20.3 Å². The molecule has 0 aromatic carbocycles. The summed E-state index contributed by atoms with van der Waals surface area (Å²) in [5.74, 6) is 0.366. The largest absolute Gasteiger partial charge is 0.164 e. The molecule has 0 aliphatic heterocycles. The van der Waals surface area contributed by atoms with Gasteiger partial charge in [0, 0.05) is 6.21 Å². The molecule has 1 atom stereocenters. The van der Waals surface area contributed by atoms with E-state index in [4.69, 9.17) is 5.41 Å². The van der Waals surface area contributed by atoms with Crippen molar-refractivity contribution in [2.24, 2.45) is 5.92 Å². The molecular formula is C5H10N. The van der Waals surface area contributed by atoms with E-state index >= 15 is 0 Å². The van der Waals surface area contributed by atoms with Gasteiger partial charge >= 0.3 is 0 Å². The van der Waals surface area contributed by atoms with Crippen molar-refractivity contribution in [3.8, 4) is 0 Å². The van der Waals surface area contributed by atoms with E-state index in [-0.39, 0.29) is 0 Å². The molecule has 0 aliphatic rings. The highest BCUT2D eigenvalue weighted by Crippen LogP contribution is 1.91. The summed E-state index contributed by atoms with van der Waals surface area (Å²) in [7, 11) is 0. The van der Waals surface area contributed by atoms with Crippen molar-refractivity contribution >= 4 is 6.21 Å². The molecule has 0 aliphatic carbocycles. The van der Waals surface area contributed by atoms with Crippen molar-refractivity contribution in [3.05, 3.63) is 0 Å². The summed E-state index contributed by atoms with van der Waals surface area (Å²) in [6.45, 7) is 4.01. The van der Waals surface area contributed by atoms with Gasteiger partial charge in [-0.15, -0.1) is 0 Å². The summed E-state index contributed by atoms with van der Waals surface area (Å²) < 4.78 is 0. The molecule has 0 rings (SSSR count). The van der Waals surface area contributed by atoms with Crippen LogP contribution in [0.25, 0.3) is 0 Å². The molecule has 0 aromatic heterocycles. The minimum absolute atomic E-state index is 0.366. The molecule has 0 N–H and O–H groups in total. The maximum Gasteiger partial charge on any atom is 0.0298 e. The minimum Gasteiger partial charge on any atom is -0.164 e. The van der Waals surface area contributed by atoms with Crippen LogP contribution in [0.2, 0.25) is 0 Å². The van der Waals surface area contributed by atoms with Gasteiger partial charge < -0.3 is 0 Å². The highest BCUT2D eigenvalue weighted by Gasteiger charge is 1.86. The summed E-state index contributed by atoms with van der Waals surface area (Å²) in [5, 5.41) is 8.21. The third-order valence-corrected chi connectivity index (χ3v) is 0.898. The molecule has 1 unspecified atom stereocenters. The first-order chi connectivity index (χ1) is 2.81. The number of hydrogen-bond acceptors (Lipinski definition) is 0. The second kappa shape index (κ2) is 2.88. The first-order valence-electron chi connectivity index (χ1n) is 2.28. The first-order valence-corrected chi connectivity index (χ1v) is 2.28. The molecule has 0 fully saturated rings. The van der Waals surface area contributed by atoms with Gasteiger partial charge in [0.05, 0.1) is 0 Å². The lowest BCUT2D eigenvalue weighted by Gasteiger charge is -1.91. The molecule has 1 nitrogen and oxygen atoms in total. The molecule has 35 valence electrons. The van der Waals surface area contributed by atoms with Gasteiger partial charge in [0.15, 0.2) is 0 Å². The van der Waals surface area contributed by atoms with Gasteiger partial charge in [-0.3, -0.25) is 0 Å². The zero-order chi connectivity index (χ0) is 4.99. The van der Waals surface area contributed by atoms with Crippen LogP contribution < -0.4 is 5.41 Å². The Morgan fingerprint density at radius 3 is 2.33 bits per heavy atom. The Balaban J connectivity index is 2.96. The van der Waals surface area contributed by atoms with Crippen LogP contribution in [0.15, 0.2) is 0 Å². The molecule has 0 saturated carbocycles. The zero-order valence-corrected chi connectivity index (χ0v) is 4.31. The molecular weight excluding hydrogens is 74.1 g/mol. The summed E-state index contributed by atoms with van der Waals surface area (Å²) in [6, 6.07) is 0. The van der Waals surface area contributed by atoms with E-state index in [0.29, 0.717) is 5.92 Å². The van der Waals surface area contributed by atoms with E-state index in [1.807, 2.05) is 13.8 Å². The van der Waals surface area contributed by atoms with Crippen LogP contribution in [-0.2, 0) is 0 Å². The van der Waals surface area contributed by atoms with Gasteiger partial charge in [0.2, 0.25) is 0 Å². The fourth-order valence-corrected chi connectivity index (χ4v) is 0.105. The molecule has 0 aromatic rings. The quantitative estimate of drug-likeness (QED) is 0.444. The van der Waals surface area contributed by atoms with Gasteiger partial charge in [-0.25, -0.2) is 0 Å². The van der Waals surface area contributed by atoms with Crippen molar-refractivity contribution in [2.75, 3.05) is 0 Å². The second-order valence-corrected chi connectivity index (χ2v) is 1.53. The highest BCUT2D eigenvalue weighted by atomic mass is 14.3. The van der Waals surface area contributed by atoms with Crippen LogP contribution in [0.4, 0.5) is 0 Å². The summed E-state index contributed by atoms with van der Waals surface area (Å²) in [4.78, 5) is 0. The Morgan fingerprint density at radius 1 is 1.83 bits per heavy atom. The van der Waals surface area contributed by atoms with Gasteiger partial charge in [-0.1, -0.05) is 13.8 Å². The lowest BCUT2D eigenvalue weighted by Crippen LogP contribution is -1.91. The number of rotatable bonds is 2. The molecule has 1 heteroatoms. The lowest BCUT2D eigenvalue weighted by atomic mass is 10.1. The monoisotopic (exact) mass is 84.1 g/mol. The summed E-state index contributed by atoms with van der Waals surface area (Å²) >= 11 is 0. The summed E-state index contributed by atoms with van der Waals surface area (Å²) in [5.41, 5.74) is 0. The highest BCUT2D eigenvalue weighted by molar-refractivity contribution is 5.56. The normalized spacial score (nSPS) is 13.7. The minimum atomic E-state index is 0.366. The van der Waals surface area contributed by atoms with E-state index in [1.165, 1.54) is 6.21 Å². The van der Waals surface area contributed by atoms with Gasteiger partial charge in [0.1, 0.15) is 0 Å². The lowest BCUT2D eigenvalue weighted by molar-refractivity contribution is 0.755. The van der Waals surface area contributed by atoms with E-state index in [2.05, 4.69) is 0 Å². The van der Waals surface area contributed by atoms with E-state index in [9.17, 15) is 0 Å². The topological polar surface area (TPSA) is 22.3 Å². The van der Waals surface area contributed by atoms with E-state index in [1.54, 1.807) is 0 Å². The molecule has 0 bridgehead atoms. The maximum absolute atomic E-state index is 8.21. The Labute approximate surface area is 38.9 Å². The van der Waals surface area contributed by atoms with Crippen LogP contribution in [0.5, 0.6) is 0 Å². The van der Waals surface area contributed by atoms with Crippen molar-refractivity contribution in [3.63, 3.8) is 0 Å². The molecule has 0 amide bonds.